The minimum atomic E-state index is -0.652. The molecule has 3 heteroatoms. The van der Waals surface area contributed by atoms with Crippen molar-refractivity contribution in [2.45, 2.75) is 5.75 Å². The first-order valence-electron chi connectivity index (χ1n) is 8.29. The van der Waals surface area contributed by atoms with E-state index in [0.717, 1.165) is 17.1 Å². The first-order valence-corrected chi connectivity index (χ1v) is 12.1. The van der Waals surface area contributed by atoms with Crippen LogP contribution >= 0.6 is 26.0 Å². The van der Waals surface area contributed by atoms with E-state index < -0.39 is 10.0 Å². The second-order valence-electron chi connectivity index (χ2n) is 7.04. The molecule has 0 aliphatic rings. The molecule has 3 aromatic rings. The van der Waals surface area contributed by atoms with Crippen molar-refractivity contribution in [2.75, 3.05) is 24.1 Å². The summed E-state index contributed by atoms with van der Waals surface area (Å²) in [5.74, 6) is 1.10. The van der Waals surface area contributed by atoms with Gasteiger partial charge in [0.05, 0.1) is 0 Å². The fraction of sp³-hybridized carbons (Fsp3) is 0.182. The smallest absolute Gasteiger partial charge is 0.0464 e. The van der Waals surface area contributed by atoms with E-state index in [0.29, 0.717) is 0 Å². The zero-order valence-electron chi connectivity index (χ0n) is 14.9. The molecule has 1 nitrogen and oxygen atoms in total. The van der Waals surface area contributed by atoms with Crippen molar-refractivity contribution in [3.63, 3.8) is 0 Å². The van der Waals surface area contributed by atoms with Gasteiger partial charge in [-0.25, -0.2) is 10.0 Å². The summed E-state index contributed by atoms with van der Waals surface area (Å²) < 4.78 is 1.20. The quantitative estimate of drug-likeness (QED) is 0.472. The summed E-state index contributed by atoms with van der Waals surface area (Å²) in [7, 11) is -0.652. The predicted octanol–water partition coefficient (Wildman–Crippen LogP) is 7.05. The molecule has 0 heterocycles. The van der Waals surface area contributed by atoms with E-state index >= 15 is 0 Å². The van der Waals surface area contributed by atoms with Crippen molar-refractivity contribution in [1.29, 1.82) is 0 Å². The van der Waals surface area contributed by atoms with Crippen molar-refractivity contribution in [3.05, 3.63) is 82.8 Å². The monoisotopic (exact) mass is 413 g/mol. The van der Waals surface area contributed by atoms with Crippen LogP contribution in [0.25, 0.3) is 11.1 Å². The van der Waals surface area contributed by atoms with Crippen molar-refractivity contribution in [3.8, 4) is 11.1 Å². The van der Waals surface area contributed by atoms with Gasteiger partial charge in [0.15, 0.2) is 0 Å². The van der Waals surface area contributed by atoms with Crippen LogP contribution in [-0.4, -0.2) is 18.8 Å². The number of hydrogen-bond donors (Lipinski definition) is 1. The maximum atomic E-state index is 3.78. The van der Waals surface area contributed by atoms with Crippen molar-refractivity contribution in [2.24, 2.45) is 0 Å². The Bertz CT molecular complexity index is 853. The maximum Gasteiger partial charge on any atom is 0.0464 e. The van der Waals surface area contributed by atoms with Crippen LogP contribution in [0.1, 0.15) is 5.56 Å². The van der Waals surface area contributed by atoms with Gasteiger partial charge < -0.3 is 5.32 Å². The van der Waals surface area contributed by atoms with E-state index in [-0.39, 0.29) is 0 Å². The normalized spacial score (nSPS) is 12.0. The summed E-state index contributed by atoms with van der Waals surface area (Å²) in [6.45, 7) is 0. The van der Waals surface area contributed by atoms with Crippen LogP contribution < -0.4 is 5.32 Å². The highest BCUT2D eigenvalue weighted by atomic mass is 79.9. The fourth-order valence-corrected chi connectivity index (χ4v) is 4.76. The summed E-state index contributed by atoms with van der Waals surface area (Å²) in [4.78, 5) is 0. The Morgan fingerprint density at radius 1 is 0.760 bits per heavy atom. The minimum Gasteiger partial charge on any atom is -0.355 e. The molecule has 0 aliphatic heterocycles. The number of para-hydroxylation sites is 2. The second kappa shape index (κ2) is 7.67. The Balaban J connectivity index is 2.07. The zero-order valence-corrected chi connectivity index (χ0v) is 17.3. The molecule has 0 bridgehead atoms. The van der Waals surface area contributed by atoms with E-state index in [1.165, 1.54) is 21.2 Å². The lowest BCUT2D eigenvalue weighted by Crippen LogP contribution is -2.01. The Morgan fingerprint density at radius 3 is 2.12 bits per heavy atom. The largest absolute Gasteiger partial charge is 0.355 e. The van der Waals surface area contributed by atoms with Gasteiger partial charge in [-0.1, -0.05) is 64.5 Å². The third kappa shape index (κ3) is 4.68. The van der Waals surface area contributed by atoms with Crippen LogP contribution in [-0.2, 0) is 5.75 Å². The number of benzene rings is 3. The third-order valence-electron chi connectivity index (χ3n) is 3.97. The Labute approximate surface area is 160 Å². The molecule has 0 aromatic heterocycles. The molecule has 1 N–H and O–H groups in total. The molecular weight excluding hydrogens is 390 g/mol. The summed E-state index contributed by atoms with van der Waals surface area (Å²) >= 11 is 3.78. The first kappa shape index (κ1) is 18.1. The summed E-state index contributed by atoms with van der Waals surface area (Å²) in [5, 5.41) is 3.57. The first-order chi connectivity index (χ1) is 11.9. The average Bonchev–Trinajstić information content (AvgIpc) is 2.57. The molecule has 0 unspecified atom stereocenters. The predicted molar refractivity (Wildman–Crippen MR) is 118 cm³/mol. The van der Waals surface area contributed by atoms with Gasteiger partial charge in [-0.2, -0.15) is 0 Å². The molecule has 0 saturated heterocycles. The highest BCUT2D eigenvalue weighted by molar-refractivity contribution is 9.10. The summed E-state index contributed by atoms with van der Waals surface area (Å²) in [6.07, 6.45) is 7.10. The number of anilines is 2. The Morgan fingerprint density at radius 2 is 1.40 bits per heavy atom. The van der Waals surface area contributed by atoms with Gasteiger partial charge in [0.25, 0.3) is 0 Å². The second-order valence-corrected chi connectivity index (χ2v) is 12.4. The molecule has 25 heavy (non-hydrogen) atoms. The van der Waals surface area contributed by atoms with Crippen molar-refractivity contribution >= 4 is 37.3 Å². The van der Waals surface area contributed by atoms with E-state index in [2.05, 4.69) is 107 Å². The standard InChI is InChI=1S/C22H24BrNS/c1-25(2,3)16-20-18(13-9-14-21(20)23)19-12-7-8-15-22(19)24-17-10-5-4-6-11-17/h4-15,24H,16H2,1-3H3. The average molecular weight is 414 g/mol. The van der Waals surface area contributed by atoms with Crippen LogP contribution in [0.3, 0.4) is 0 Å². The SMILES string of the molecule is CS(C)(C)Cc1c(Br)cccc1-c1ccccc1Nc1ccccc1. The molecule has 0 fully saturated rings. The van der Waals surface area contributed by atoms with Crippen LogP contribution in [0.2, 0.25) is 0 Å². The van der Waals surface area contributed by atoms with Gasteiger partial charge in [-0.05, 0) is 54.2 Å². The van der Waals surface area contributed by atoms with E-state index in [1.54, 1.807) is 0 Å². The lowest BCUT2D eigenvalue weighted by molar-refractivity contribution is 1.36. The topological polar surface area (TPSA) is 12.0 Å². The fourth-order valence-electron chi connectivity index (χ4n) is 2.89. The molecule has 0 saturated carbocycles. The highest BCUT2D eigenvalue weighted by Crippen LogP contribution is 2.45. The van der Waals surface area contributed by atoms with E-state index in [4.69, 9.17) is 0 Å². The van der Waals surface area contributed by atoms with Crippen LogP contribution in [0.5, 0.6) is 0 Å². The van der Waals surface area contributed by atoms with Gasteiger partial charge in [-0.15, -0.1) is 0 Å². The van der Waals surface area contributed by atoms with Crippen LogP contribution in [0.15, 0.2) is 77.3 Å². The lowest BCUT2D eigenvalue weighted by Gasteiger charge is -2.28. The number of hydrogen-bond acceptors (Lipinski definition) is 1. The molecule has 0 spiro atoms. The zero-order chi connectivity index (χ0) is 17.9. The number of halogens is 1. The van der Waals surface area contributed by atoms with Gasteiger partial charge in [-0.3, -0.25) is 0 Å². The van der Waals surface area contributed by atoms with Crippen molar-refractivity contribution in [1.82, 2.24) is 0 Å². The molecule has 0 radical (unpaired) electrons. The van der Waals surface area contributed by atoms with Gasteiger partial charge >= 0.3 is 0 Å². The molecule has 0 aliphatic carbocycles. The Kier molecular flexibility index (Phi) is 5.55. The molecular formula is C22H24BrNS. The van der Waals surface area contributed by atoms with Crippen LogP contribution in [0.4, 0.5) is 11.4 Å². The molecule has 130 valence electrons. The summed E-state index contributed by atoms with van der Waals surface area (Å²) in [6, 6.07) is 25.4. The van der Waals surface area contributed by atoms with Gasteiger partial charge in [0, 0.05) is 27.2 Å². The highest BCUT2D eigenvalue weighted by Gasteiger charge is 2.16. The lowest BCUT2D eigenvalue weighted by atomic mass is 9.99. The van der Waals surface area contributed by atoms with Crippen LogP contribution in [0, 0.1) is 0 Å². The third-order valence-corrected chi connectivity index (χ3v) is 5.86. The number of rotatable bonds is 5. The number of nitrogens with one attached hydrogen (secondary N) is 1. The molecule has 3 aromatic carbocycles. The van der Waals surface area contributed by atoms with E-state index in [1.807, 2.05) is 6.07 Å². The van der Waals surface area contributed by atoms with Crippen molar-refractivity contribution < 1.29 is 0 Å². The molecule has 3 rings (SSSR count). The Hall–Kier alpha value is -1.71. The van der Waals surface area contributed by atoms with Gasteiger partial charge in [0.2, 0.25) is 0 Å². The molecule has 0 amide bonds. The summed E-state index contributed by atoms with van der Waals surface area (Å²) in [5.41, 5.74) is 6.18. The van der Waals surface area contributed by atoms with E-state index in [9.17, 15) is 0 Å². The molecule has 0 atom stereocenters. The minimum absolute atomic E-state index is 0.652. The maximum absolute atomic E-state index is 3.78. The van der Waals surface area contributed by atoms with Gasteiger partial charge in [0.1, 0.15) is 0 Å².